The Morgan fingerprint density at radius 1 is 1.00 bits per heavy atom. The predicted octanol–water partition coefficient (Wildman–Crippen LogP) is 1.31. The molecule has 0 fully saturated rings. The summed E-state index contributed by atoms with van der Waals surface area (Å²) >= 11 is 0. The van der Waals surface area contributed by atoms with Gasteiger partial charge in [0, 0.05) is 39.6 Å². The van der Waals surface area contributed by atoms with Crippen molar-refractivity contribution in [3.63, 3.8) is 0 Å². The molecule has 0 amide bonds. The Balaban J connectivity index is 2.29. The fourth-order valence-corrected chi connectivity index (χ4v) is 5.69. The third-order valence-electron chi connectivity index (χ3n) is 5.78. The van der Waals surface area contributed by atoms with Gasteiger partial charge in [0.2, 0.25) is 10.3 Å². The third-order valence-corrected chi connectivity index (χ3v) is 7.65. The van der Waals surface area contributed by atoms with E-state index in [2.05, 4.69) is 0 Å². The molecule has 0 spiro atoms. The second-order valence-electron chi connectivity index (χ2n) is 8.59. The number of ketones is 1. The number of nitrogen functional groups attached to an aromatic ring is 1. The largest absolute Gasteiger partial charge is 0.453 e. The molecular weight excluding hydrogens is 540 g/mol. The van der Waals surface area contributed by atoms with E-state index in [-0.39, 0.29) is 51.6 Å². The lowest BCUT2D eigenvalue weighted by Crippen LogP contribution is -2.47. The highest BCUT2D eigenvalue weighted by molar-refractivity contribution is 7.86. The molecule has 0 saturated carbocycles. The molecule has 12 nitrogen and oxygen atoms in total. The van der Waals surface area contributed by atoms with Crippen molar-refractivity contribution in [3.05, 3.63) is 53.4 Å². The summed E-state index contributed by atoms with van der Waals surface area (Å²) in [4.78, 5) is 22.2. The van der Waals surface area contributed by atoms with Crippen LogP contribution in [0.5, 0.6) is 5.75 Å². The first-order valence-electron chi connectivity index (χ1n) is 10.8. The van der Waals surface area contributed by atoms with E-state index in [0.29, 0.717) is 0 Å². The summed E-state index contributed by atoms with van der Waals surface area (Å²) in [6, 6.07) is 9.20. The normalized spacial score (nSPS) is 12.2. The molecule has 0 saturated heterocycles. The molecule has 0 aromatic heterocycles. The first kappa shape index (κ1) is 26.9. The lowest BCUT2D eigenvalue weighted by Gasteiger charge is -2.19. The number of carbonyl (C=O) groups excluding carboxylic acids is 2. The maximum absolute atomic E-state index is 12.6. The molecule has 14 heteroatoms. The van der Waals surface area contributed by atoms with Crippen LogP contribution in [0.25, 0.3) is 33.4 Å². The first-order valence-corrected chi connectivity index (χ1v) is 13.7. The molecule has 2 aromatic rings. The summed E-state index contributed by atoms with van der Waals surface area (Å²) in [6.45, 7) is 3.47. The molecule has 4 rings (SSSR count). The second kappa shape index (κ2) is 9.33. The van der Waals surface area contributed by atoms with Gasteiger partial charge in [-0.1, -0.05) is 19.9 Å². The molecule has 1 aliphatic heterocycles. The molecule has 2 aromatic carbocycles. The average molecular weight is 562 g/mol. The monoisotopic (exact) mass is 561 g/mol. The minimum absolute atomic E-state index is 0.00377. The minimum Gasteiger partial charge on any atom is -0.453 e. The van der Waals surface area contributed by atoms with E-state index in [9.17, 15) is 35.5 Å². The van der Waals surface area contributed by atoms with Gasteiger partial charge < -0.3 is 14.9 Å². The Bertz CT molecular complexity index is 1890. The Labute approximate surface area is 216 Å². The van der Waals surface area contributed by atoms with E-state index >= 15 is 0 Å². The molecular formula is C24H21N2O10S2+. The van der Waals surface area contributed by atoms with Crippen molar-refractivity contribution in [1.29, 1.82) is 0 Å². The number of benzene rings is 3. The maximum Gasteiger partial charge on any atom is 0.304 e. The molecule has 6 N–H and O–H groups in total. The molecule has 38 heavy (non-hydrogen) atoms. The van der Waals surface area contributed by atoms with E-state index in [1.54, 1.807) is 13.8 Å². The van der Waals surface area contributed by atoms with E-state index in [0.717, 1.165) is 0 Å². The third kappa shape index (κ3) is 4.54. The van der Waals surface area contributed by atoms with Gasteiger partial charge in [0.25, 0.3) is 16.6 Å². The van der Waals surface area contributed by atoms with Crippen LogP contribution in [0.3, 0.4) is 0 Å². The van der Waals surface area contributed by atoms with Crippen molar-refractivity contribution in [2.45, 2.75) is 23.6 Å². The van der Waals surface area contributed by atoms with Gasteiger partial charge in [0.05, 0.1) is 5.69 Å². The zero-order chi connectivity index (χ0) is 28.2. The number of rotatable bonds is 7. The number of nitrogens with two attached hydrogens (primary N) is 2. The van der Waals surface area contributed by atoms with Crippen LogP contribution in [-0.2, 0) is 25.0 Å². The van der Waals surface area contributed by atoms with E-state index in [1.165, 1.54) is 42.5 Å². The summed E-state index contributed by atoms with van der Waals surface area (Å²) in [6.07, 6.45) is 0. The Hall–Kier alpha value is -4.11. The Morgan fingerprint density at radius 3 is 2.21 bits per heavy atom. The van der Waals surface area contributed by atoms with Crippen LogP contribution < -0.4 is 21.2 Å². The van der Waals surface area contributed by atoms with Crippen LogP contribution in [0.4, 0.5) is 5.69 Å². The summed E-state index contributed by atoms with van der Waals surface area (Å²) in [5.74, 6) is -1.34. The zero-order valence-corrected chi connectivity index (χ0v) is 21.5. The topological polar surface area (TPSA) is 217 Å². The molecule has 0 bridgehead atoms. The average Bonchev–Trinajstić information content (AvgIpc) is 2.80. The van der Waals surface area contributed by atoms with Crippen molar-refractivity contribution >= 4 is 49.1 Å². The van der Waals surface area contributed by atoms with Crippen molar-refractivity contribution in [2.75, 3.05) is 5.73 Å². The highest BCUT2D eigenvalue weighted by atomic mass is 32.2. The standard InChI is InChI=1S/C24H20N2O10S2/c1-11(2)20(28)12-3-4-13(18(9-12)35-10-27)19-14-5-7-16(25)23(37(29,30)31)21(14)36-22-15(19)6-8-17(26)24(22)38(32,33)34/h3-11,25H,26H2,1-2H3,(H,29,30,31)(H,32,33,34)/p+1. The fraction of sp³-hybridized carbons (Fsp3) is 0.125. The Morgan fingerprint density at radius 2 is 1.63 bits per heavy atom. The number of fused-ring (bicyclic) bond motifs is 2. The van der Waals surface area contributed by atoms with Crippen LogP contribution >= 0.6 is 0 Å². The highest BCUT2D eigenvalue weighted by Gasteiger charge is 2.32. The second-order valence-corrected chi connectivity index (χ2v) is 11.3. The van der Waals surface area contributed by atoms with E-state index in [4.69, 9.17) is 20.3 Å². The molecule has 198 valence electrons. The zero-order valence-electron chi connectivity index (χ0n) is 19.8. The van der Waals surface area contributed by atoms with Gasteiger partial charge in [0.1, 0.15) is 5.75 Å². The first-order chi connectivity index (χ1) is 17.7. The predicted molar refractivity (Wildman–Crippen MR) is 133 cm³/mol. The Kier molecular flexibility index (Phi) is 6.61. The maximum atomic E-state index is 12.6. The van der Waals surface area contributed by atoms with E-state index < -0.39 is 52.4 Å². The van der Waals surface area contributed by atoms with Crippen molar-refractivity contribution in [2.24, 2.45) is 5.92 Å². The van der Waals surface area contributed by atoms with E-state index in [1.807, 2.05) is 0 Å². The van der Waals surface area contributed by atoms with Gasteiger partial charge in [-0.25, -0.2) is 0 Å². The van der Waals surface area contributed by atoms with Crippen LogP contribution in [-0.4, -0.2) is 38.2 Å². The SMILES string of the molecule is CC(C)C(=O)c1ccc(-c2c3ccc(=[NH2+])c(S(=O)(=O)O)c-3oc3c(S(=O)(=O)O)c(N)ccc23)c(OC=O)c1. The smallest absolute Gasteiger partial charge is 0.304 e. The van der Waals surface area contributed by atoms with Crippen LogP contribution in [0.1, 0.15) is 24.2 Å². The quantitative estimate of drug-likeness (QED) is 0.0829. The summed E-state index contributed by atoms with van der Waals surface area (Å²) in [5.41, 5.74) is 5.22. The molecule has 2 aliphatic rings. The van der Waals surface area contributed by atoms with Crippen LogP contribution in [0.2, 0.25) is 0 Å². The van der Waals surface area contributed by atoms with Gasteiger partial charge in [-0.05, 0) is 30.3 Å². The number of carbonyl (C=O) groups is 2. The summed E-state index contributed by atoms with van der Waals surface area (Å²) in [7, 11) is -10.1. The van der Waals surface area contributed by atoms with Gasteiger partial charge >= 0.3 is 10.1 Å². The van der Waals surface area contributed by atoms with Crippen molar-refractivity contribution < 1.29 is 50.1 Å². The molecule has 0 unspecified atom stereocenters. The highest BCUT2D eigenvalue weighted by Crippen LogP contribution is 2.47. The van der Waals surface area contributed by atoms with Gasteiger partial charge in [-0.2, -0.15) is 16.8 Å². The minimum atomic E-state index is -5.03. The van der Waals surface area contributed by atoms with Crippen molar-refractivity contribution in [3.8, 4) is 28.2 Å². The summed E-state index contributed by atoms with van der Waals surface area (Å²) < 4.78 is 79.7. The molecule has 1 heterocycles. The van der Waals surface area contributed by atoms with Crippen LogP contribution in [0.15, 0.2) is 56.7 Å². The number of Topliss-reactive ketones (excluding diaryl/α,β-unsaturated/α-hetero) is 1. The summed E-state index contributed by atoms with van der Waals surface area (Å²) in [5, 5.41) is 5.40. The number of hydrogen-bond donors (Lipinski definition) is 4. The van der Waals surface area contributed by atoms with Crippen LogP contribution in [0, 0.1) is 5.92 Å². The lowest BCUT2D eigenvalue weighted by atomic mass is 9.91. The molecule has 1 aliphatic carbocycles. The fourth-order valence-electron chi connectivity index (χ4n) is 4.19. The number of anilines is 1. The molecule has 0 atom stereocenters. The van der Waals surface area contributed by atoms with Gasteiger partial charge in [-0.15, -0.1) is 0 Å². The number of hydrogen-bond acceptors (Lipinski definition) is 9. The van der Waals surface area contributed by atoms with Gasteiger partial charge in [-0.3, -0.25) is 24.1 Å². The lowest BCUT2D eigenvalue weighted by molar-refractivity contribution is -0.176. The van der Waals surface area contributed by atoms with Gasteiger partial charge in [0.15, 0.2) is 22.0 Å². The van der Waals surface area contributed by atoms with Crippen molar-refractivity contribution in [1.82, 2.24) is 0 Å². The number of ether oxygens (including phenoxy) is 1. The molecule has 0 radical (unpaired) electrons.